The highest BCUT2D eigenvalue weighted by Gasteiger charge is 2.28. The second kappa shape index (κ2) is 18.4. The molecule has 7 heteroatoms. The minimum absolute atomic E-state index is 0. The predicted octanol–water partition coefficient (Wildman–Crippen LogP) is -0.392. The van der Waals surface area contributed by atoms with Crippen LogP contribution in [-0.4, -0.2) is 76.5 Å². The third kappa shape index (κ3) is 15.6. The second-order valence-electron chi connectivity index (χ2n) is 6.11. The molecule has 0 aromatic carbocycles. The molecule has 0 aromatic rings. The normalized spacial score (nSPS) is 11.2. The van der Waals surface area contributed by atoms with Gasteiger partial charge in [0.05, 0.1) is 19.8 Å². The summed E-state index contributed by atoms with van der Waals surface area (Å²) < 4.78 is 23.0. The van der Waals surface area contributed by atoms with Crippen LogP contribution in [0.5, 0.6) is 0 Å². The Kier molecular flexibility index (Phi) is 19.7. The Labute approximate surface area is 160 Å². The smallest absolute Gasteiger partial charge is 0.306 e. The van der Waals surface area contributed by atoms with Crippen molar-refractivity contribution in [2.24, 2.45) is 0 Å². The maximum atomic E-state index is 11.3. The molecular formula is C18H38ClNO5. The molecule has 0 rings (SSSR count). The molecule has 0 N–H and O–H groups in total. The molecule has 6 nitrogen and oxygen atoms in total. The molecule has 0 amide bonds. The summed E-state index contributed by atoms with van der Waals surface area (Å²) in [7, 11) is 0. The Hall–Kier alpha value is -0.400. The topological polar surface area (TPSA) is 54.0 Å². The van der Waals surface area contributed by atoms with Gasteiger partial charge in [-0.05, 0) is 19.3 Å². The van der Waals surface area contributed by atoms with Crippen molar-refractivity contribution in [3.8, 4) is 0 Å². The first-order valence-electron chi connectivity index (χ1n) is 9.32. The maximum absolute atomic E-state index is 11.3. The van der Waals surface area contributed by atoms with Crippen LogP contribution in [-0.2, 0) is 23.7 Å². The SMILES string of the molecule is CCCOCC[N+](CCOCCC)(CCOCCC)COC(C)=O.[Cl-]. The van der Waals surface area contributed by atoms with Gasteiger partial charge in [-0.25, -0.2) is 0 Å². The zero-order chi connectivity index (χ0) is 18.1. The fraction of sp³-hybridized carbons (Fsp3) is 0.944. The van der Waals surface area contributed by atoms with E-state index >= 15 is 0 Å². The van der Waals surface area contributed by atoms with Gasteiger partial charge in [0.15, 0.2) is 0 Å². The molecule has 0 saturated carbocycles. The summed E-state index contributed by atoms with van der Waals surface area (Å²) in [5, 5.41) is 0. The first kappa shape index (κ1) is 26.8. The average molecular weight is 384 g/mol. The van der Waals surface area contributed by atoms with Crippen LogP contribution in [0.25, 0.3) is 0 Å². The van der Waals surface area contributed by atoms with Crippen LogP contribution in [0, 0.1) is 0 Å². The summed E-state index contributed by atoms with van der Waals surface area (Å²) in [6.45, 7) is 14.7. The van der Waals surface area contributed by atoms with E-state index in [1.165, 1.54) is 6.92 Å². The Bertz CT molecular complexity index is 274. The van der Waals surface area contributed by atoms with E-state index in [2.05, 4.69) is 20.8 Å². The van der Waals surface area contributed by atoms with Gasteiger partial charge in [0.2, 0.25) is 6.73 Å². The zero-order valence-electron chi connectivity index (χ0n) is 16.6. The van der Waals surface area contributed by atoms with Crippen molar-refractivity contribution >= 4 is 5.97 Å². The number of esters is 1. The van der Waals surface area contributed by atoms with Gasteiger partial charge in [-0.3, -0.25) is 9.28 Å². The third-order valence-electron chi connectivity index (χ3n) is 3.72. The molecule has 152 valence electrons. The van der Waals surface area contributed by atoms with Gasteiger partial charge >= 0.3 is 5.97 Å². The molecule has 0 radical (unpaired) electrons. The summed E-state index contributed by atoms with van der Waals surface area (Å²) >= 11 is 0. The highest BCUT2D eigenvalue weighted by atomic mass is 35.5. The van der Waals surface area contributed by atoms with Crippen LogP contribution in [0.15, 0.2) is 0 Å². The number of hydrogen-bond acceptors (Lipinski definition) is 5. The first-order chi connectivity index (χ1) is 11.6. The lowest BCUT2D eigenvalue weighted by molar-refractivity contribution is -0.944. The van der Waals surface area contributed by atoms with E-state index in [9.17, 15) is 4.79 Å². The van der Waals surface area contributed by atoms with Crippen LogP contribution in [0.2, 0.25) is 0 Å². The number of hydrogen-bond donors (Lipinski definition) is 0. The van der Waals surface area contributed by atoms with E-state index in [4.69, 9.17) is 18.9 Å². The summed E-state index contributed by atoms with van der Waals surface area (Å²) in [6.07, 6.45) is 3.01. The van der Waals surface area contributed by atoms with E-state index in [1.807, 2.05) is 0 Å². The van der Waals surface area contributed by atoms with E-state index in [0.717, 1.165) is 58.7 Å². The Balaban J connectivity index is 0. The van der Waals surface area contributed by atoms with E-state index in [-0.39, 0.29) is 18.4 Å². The lowest BCUT2D eigenvalue weighted by Crippen LogP contribution is -3.00. The molecule has 0 aromatic heterocycles. The molecule has 0 aliphatic carbocycles. The van der Waals surface area contributed by atoms with Gasteiger partial charge in [0.25, 0.3) is 0 Å². The van der Waals surface area contributed by atoms with Gasteiger partial charge in [-0.1, -0.05) is 20.8 Å². The predicted molar refractivity (Wildman–Crippen MR) is 94.8 cm³/mol. The number of ether oxygens (including phenoxy) is 4. The van der Waals surface area contributed by atoms with Crippen LogP contribution in [0.3, 0.4) is 0 Å². The summed E-state index contributed by atoms with van der Waals surface area (Å²) in [5.74, 6) is -0.254. The first-order valence-corrected chi connectivity index (χ1v) is 9.32. The number of rotatable bonds is 17. The van der Waals surface area contributed by atoms with E-state index in [1.54, 1.807) is 0 Å². The molecule has 0 aliphatic heterocycles. The van der Waals surface area contributed by atoms with Crippen LogP contribution >= 0.6 is 0 Å². The Morgan fingerprint density at radius 2 is 1.08 bits per heavy atom. The van der Waals surface area contributed by atoms with Crippen molar-refractivity contribution in [1.82, 2.24) is 0 Å². The molecule has 0 bridgehead atoms. The number of carbonyl (C=O) groups is 1. The Morgan fingerprint density at radius 1 is 0.720 bits per heavy atom. The number of quaternary nitrogens is 1. The quantitative estimate of drug-likeness (QED) is 0.148. The molecular weight excluding hydrogens is 346 g/mol. The molecule has 0 saturated heterocycles. The molecule has 25 heavy (non-hydrogen) atoms. The van der Waals surface area contributed by atoms with Crippen molar-refractivity contribution in [1.29, 1.82) is 0 Å². The van der Waals surface area contributed by atoms with E-state index < -0.39 is 0 Å². The van der Waals surface area contributed by atoms with Gasteiger partial charge in [-0.2, -0.15) is 0 Å². The van der Waals surface area contributed by atoms with Gasteiger partial charge < -0.3 is 31.4 Å². The number of carbonyl (C=O) groups excluding carboxylic acids is 1. The number of halogens is 1. The molecule has 0 heterocycles. The summed E-state index contributed by atoms with van der Waals surface area (Å²) in [4.78, 5) is 11.3. The molecule has 0 atom stereocenters. The summed E-state index contributed by atoms with van der Waals surface area (Å²) in [5.41, 5.74) is 0. The maximum Gasteiger partial charge on any atom is 0.306 e. The van der Waals surface area contributed by atoms with Crippen molar-refractivity contribution in [3.63, 3.8) is 0 Å². The van der Waals surface area contributed by atoms with Crippen LogP contribution in [0.1, 0.15) is 47.0 Å². The molecule has 0 aliphatic rings. The van der Waals surface area contributed by atoms with E-state index in [0.29, 0.717) is 31.0 Å². The molecule has 0 spiro atoms. The van der Waals surface area contributed by atoms with Gasteiger partial charge in [0, 0.05) is 26.7 Å². The highest BCUT2D eigenvalue weighted by Crippen LogP contribution is 2.09. The van der Waals surface area contributed by atoms with Crippen LogP contribution in [0.4, 0.5) is 0 Å². The number of nitrogens with zero attached hydrogens (tertiary/aromatic N) is 1. The second-order valence-corrected chi connectivity index (χ2v) is 6.11. The monoisotopic (exact) mass is 383 g/mol. The van der Waals surface area contributed by atoms with Crippen molar-refractivity contribution in [2.45, 2.75) is 47.0 Å². The van der Waals surface area contributed by atoms with Gasteiger partial charge in [0.1, 0.15) is 19.6 Å². The lowest BCUT2D eigenvalue weighted by atomic mass is 10.3. The lowest BCUT2D eigenvalue weighted by Gasteiger charge is -2.37. The van der Waals surface area contributed by atoms with Crippen LogP contribution < -0.4 is 12.4 Å². The Morgan fingerprint density at radius 3 is 1.36 bits per heavy atom. The van der Waals surface area contributed by atoms with Crippen molar-refractivity contribution in [3.05, 3.63) is 0 Å². The highest BCUT2D eigenvalue weighted by molar-refractivity contribution is 5.65. The largest absolute Gasteiger partial charge is 1.00 e. The van der Waals surface area contributed by atoms with Crippen molar-refractivity contribution < 1.29 is 40.6 Å². The zero-order valence-corrected chi connectivity index (χ0v) is 17.3. The van der Waals surface area contributed by atoms with Crippen molar-refractivity contribution in [2.75, 3.05) is 66.0 Å². The minimum Gasteiger partial charge on any atom is -1.00 e. The minimum atomic E-state index is -0.254. The third-order valence-corrected chi connectivity index (χ3v) is 3.72. The van der Waals surface area contributed by atoms with Gasteiger partial charge in [-0.15, -0.1) is 0 Å². The fourth-order valence-electron chi connectivity index (χ4n) is 2.27. The standard InChI is InChI=1S/C18H38NO5.ClH/c1-5-11-21-14-8-19(17-24-18(4)20,9-15-22-12-6-2)10-16-23-13-7-3;/h5-17H2,1-4H3;1H/q+1;/p-1. The average Bonchev–Trinajstić information content (AvgIpc) is 2.57. The molecule has 0 unspecified atom stereocenters. The fourth-order valence-corrected chi connectivity index (χ4v) is 2.27. The molecule has 0 fully saturated rings. The summed E-state index contributed by atoms with van der Waals surface area (Å²) in [6, 6.07) is 0.